The quantitative estimate of drug-likeness (QED) is 0.587. The zero-order valence-corrected chi connectivity index (χ0v) is 9.96. The summed E-state index contributed by atoms with van der Waals surface area (Å²) in [5.74, 6) is -1.14. The normalized spacial score (nSPS) is 18.2. The lowest BCUT2D eigenvalue weighted by Crippen LogP contribution is -2.47. The van der Waals surface area contributed by atoms with Crippen LogP contribution in [0, 0.1) is 0 Å². The Kier molecular flexibility index (Phi) is 3.64. The third-order valence-electron chi connectivity index (χ3n) is 2.61. The molecular formula is C10H13N5O4. The second kappa shape index (κ2) is 5.38. The Hall–Kier alpha value is -2.58. The molecule has 102 valence electrons. The van der Waals surface area contributed by atoms with Gasteiger partial charge in [-0.1, -0.05) is 0 Å². The Balaban J connectivity index is 2.00. The lowest BCUT2D eigenvalue weighted by molar-refractivity contribution is -0.127. The maximum atomic E-state index is 11.8. The Bertz CT molecular complexity index is 486. The van der Waals surface area contributed by atoms with E-state index in [4.69, 9.17) is 10.5 Å². The van der Waals surface area contributed by atoms with Crippen molar-refractivity contribution in [1.29, 1.82) is 0 Å². The number of imidazole rings is 1. The smallest absolute Gasteiger partial charge is 0.411 e. The van der Waals surface area contributed by atoms with Crippen molar-refractivity contribution in [3.05, 3.63) is 18.2 Å². The summed E-state index contributed by atoms with van der Waals surface area (Å²) in [6.07, 6.45) is 2.43. The van der Waals surface area contributed by atoms with Crippen molar-refractivity contribution in [3.8, 4) is 0 Å². The monoisotopic (exact) mass is 267 g/mol. The van der Waals surface area contributed by atoms with Crippen LogP contribution in [0.25, 0.3) is 0 Å². The highest BCUT2D eigenvalue weighted by Crippen LogP contribution is 2.15. The molecule has 9 heteroatoms. The Labute approximate surface area is 108 Å². The number of hydrogen-bond donors (Lipinski definition) is 3. The molecule has 0 spiro atoms. The highest BCUT2D eigenvalue weighted by atomic mass is 16.6. The lowest BCUT2D eigenvalue weighted by Gasteiger charge is -2.19. The van der Waals surface area contributed by atoms with Crippen molar-refractivity contribution in [2.24, 2.45) is 5.73 Å². The van der Waals surface area contributed by atoms with Crippen molar-refractivity contribution < 1.29 is 19.1 Å². The van der Waals surface area contributed by atoms with Crippen LogP contribution in [0.15, 0.2) is 12.5 Å². The maximum absolute atomic E-state index is 11.8. The van der Waals surface area contributed by atoms with Gasteiger partial charge in [-0.2, -0.15) is 0 Å². The zero-order chi connectivity index (χ0) is 13.8. The molecule has 0 aromatic carbocycles. The van der Waals surface area contributed by atoms with Gasteiger partial charge in [0.2, 0.25) is 11.8 Å². The summed E-state index contributed by atoms with van der Waals surface area (Å²) in [7, 11) is 0. The van der Waals surface area contributed by atoms with Gasteiger partial charge in [-0.3, -0.25) is 14.5 Å². The maximum Gasteiger partial charge on any atom is 0.411 e. The summed E-state index contributed by atoms with van der Waals surface area (Å²) in [6.45, 7) is -0.160. The minimum Gasteiger partial charge on any atom is -0.447 e. The second-order valence-electron chi connectivity index (χ2n) is 3.98. The first-order valence-corrected chi connectivity index (χ1v) is 5.54. The van der Waals surface area contributed by atoms with Gasteiger partial charge in [0.25, 0.3) is 0 Å². The molecule has 19 heavy (non-hydrogen) atoms. The molecular weight excluding hydrogens is 254 g/mol. The number of ether oxygens (including phenoxy) is 1. The van der Waals surface area contributed by atoms with Gasteiger partial charge in [0, 0.05) is 6.20 Å². The van der Waals surface area contributed by atoms with Crippen LogP contribution in [0.4, 0.5) is 4.79 Å². The number of aromatic amines is 1. The van der Waals surface area contributed by atoms with Gasteiger partial charge in [-0.05, 0) is 0 Å². The van der Waals surface area contributed by atoms with Gasteiger partial charge in [0.15, 0.2) is 0 Å². The molecule has 0 radical (unpaired) electrons. The summed E-state index contributed by atoms with van der Waals surface area (Å²) in [6, 6.07) is -0.782. The molecule has 0 aliphatic carbocycles. The number of nitrogens with zero attached hydrogens (tertiary/aromatic N) is 2. The second-order valence-corrected chi connectivity index (χ2v) is 3.98. The van der Waals surface area contributed by atoms with Gasteiger partial charge in [0.1, 0.15) is 12.6 Å². The molecule has 0 saturated carbocycles. The fourth-order valence-electron chi connectivity index (χ4n) is 1.69. The standard InChI is InChI=1S/C10H13N5O4/c11-8(16)2-13-9(17)7-4-19-10(18)15(7)3-6-1-12-5-14-6/h1,5,7H,2-4H2,(H2,11,16)(H,12,14)(H,13,17)/t7-/m0/s1. The lowest BCUT2D eigenvalue weighted by atomic mass is 10.2. The van der Waals surface area contributed by atoms with E-state index < -0.39 is 23.9 Å². The van der Waals surface area contributed by atoms with E-state index in [9.17, 15) is 14.4 Å². The first kappa shape index (κ1) is 12.9. The van der Waals surface area contributed by atoms with E-state index in [-0.39, 0.29) is 19.7 Å². The van der Waals surface area contributed by atoms with E-state index in [0.29, 0.717) is 5.69 Å². The van der Waals surface area contributed by atoms with Crippen LogP contribution in [-0.2, 0) is 20.9 Å². The van der Waals surface area contributed by atoms with Gasteiger partial charge < -0.3 is 20.8 Å². The fourth-order valence-corrected chi connectivity index (χ4v) is 1.69. The molecule has 1 atom stereocenters. The van der Waals surface area contributed by atoms with E-state index in [0.717, 1.165) is 0 Å². The highest BCUT2D eigenvalue weighted by molar-refractivity contribution is 5.90. The SMILES string of the molecule is NC(=O)CNC(=O)[C@@H]1COC(=O)N1Cc1cnc[nH]1. The van der Waals surface area contributed by atoms with E-state index in [1.165, 1.54) is 11.2 Å². The molecule has 9 nitrogen and oxygen atoms in total. The number of cyclic esters (lactones) is 1. The molecule has 1 aliphatic heterocycles. The predicted octanol–water partition coefficient (Wildman–Crippen LogP) is -1.67. The number of aromatic nitrogens is 2. The van der Waals surface area contributed by atoms with E-state index in [2.05, 4.69) is 15.3 Å². The molecule has 1 aliphatic rings. The van der Waals surface area contributed by atoms with Gasteiger partial charge in [-0.25, -0.2) is 9.78 Å². The number of carbonyl (C=O) groups excluding carboxylic acids is 3. The number of nitrogens with one attached hydrogen (secondary N) is 2. The van der Waals surface area contributed by atoms with Gasteiger partial charge in [0.05, 0.1) is 25.1 Å². The first-order valence-electron chi connectivity index (χ1n) is 5.54. The number of primary amides is 1. The molecule has 1 saturated heterocycles. The fraction of sp³-hybridized carbons (Fsp3) is 0.400. The number of H-pyrrole nitrogens is 1. The molecule has 2 rings (SSSR count). The van der Waals surface area contributed by atoms with Crippen molar-refractivity contribution in [2.45, 2.75) is 12.6 Å². The van der Waals surface area contributed by atoms with E-state index >= 15 is 0 Å². The summed E-state index contributed by atoms with van der Waals surface area (Å²) < 4.78 is 4.83. The van der Waals surface area contributed by atoms with Gasteiger partial charge >= 0.3 is 6.09 Å². The number of rotatable bonds is 5. The summed E-state index contributed by atoms with van der Waals surface area (Å²) >= 11 is 0. The number of carbonyl (C=O) groups is 3. The highest BCUT2D eigenvalue weighted by Gasteiger charge is 2.38. The molecule has 1 aromatic rings. The predicted molar refractivity (Wildman–Crippen MR) is 61.5 cm³/mol. The molecule has 0 bridgehead atoms. The van der Waals surface area contributed by atoms with Crippen molar-refractivity contribution in [2.75, 3.05) is 13.2 Å². The average Bonchev–Trinajstić information content (AvgIpc) is 2.98. The van der Waals surface area contributed by atoms with E-state index in [1.807, 2.05) is 0 Å². The van der Waals surface area contributed by atoms with E-state index in [1.54, 1.807) is 6.20 Å². The molecule has 3 amide bonds. The zero-order valence-electron chi connectivity index (χ0n) is 9.96. The summed E-state index contributed by atoms with van der Waals surface area (Å²) in [4.78, 5) is 41.9. The van der Waals surface area contributed by atoms with Crippen molar-refractivity contribution in [1.82, 2.24) is 20.2 Å². The number of amides is 3. The van der Waals surface area contributed by atoms with Gasteiger partial charge in [-0.15, -0.1) is 0 Å². The Morgan fingerprint density at radius 3 is 3.05 bits per heavy atom. The minimum absolute atomic E-state index is 0.0580. The summed E-state index contributed by atoms with van der Waals surface area (Å²) in [5.41, 5.74) is 5.61. The summed E-state index contributed by atoms with van der Waals surface area (Å²) in [5, 5.41) is 2.34. The molecule has 4 N–H and O–H groups in total. The minimum atomic E-state index is -0.782. The third kappa shape index (κ3) is 3.00. The molecule has 0 unspecified atom stereocenters. The van der Waals surface area contributed by atoms with Crippen LogP contribution in [-0.4, -0.2) is 52.0 Å². The van der Waals surface area contributed by atoms with Crippen LogP contribution < -0.4 is 11.1 Å². The van der Waals surface area contributed by atoms with Crippen molar-refractivity contribution >= 4 is 17.9 Å². The van der Waals surface area contributed by atoms with Crippen LogP contribution in [0.2, 0.25) is 0 Å². The number of hydrogen-bond acceptors (Lipinski definition) is 5. The van der Waals surface area contributed by atoms with Crippen LogP contribution in [0.1, 0.15) is 5.69 Å². The molecule has 1 fully saturated rings. The van der Waals surface area contributed by atoms with Crippen LogP contribution >= 0.6 is 0 Å². The average molecular weight is 267 g/mol. The van der Waals surface area contributed by atoms with Crippen molar-refractivity contribution in [3.63, 3.8) is 0 Å². The largest absolute Gasteiger partial charge is 0.447 e. The first-order chi connectivity index (χ1) is 9.08. The molecule has 2 heterocycles. The Morgan fingerprint density at radius 1 is 1.63 bits per heavy atom. The van der Waals surface area contributed by atoms with Crippen LogP contribution in [0.3, 0.4) is 0 Å². The van der Waals surface area contributed by atoms with Crippen LogP contribution in [0.5, 0.6) is 0 Å². The Morgan fingerprint density at radius 2 is 2.42 bits per heavy atom. The number of nitrogens with two attached hydrogens (primary N) is 1. The topological polar surface area (TPSA) is 130 Å². The third-order valence-corrected chi connectivity index (χ3v) is 2.61. The molecule has 1 aromatic heterocycles.